The number of hydrogen-bond acceptors (Lipinski definition) is 3. The second-order valence-electron chi connectivity index (χ2n) is 7.33. The Labute approximate surface area is 166 Å². The van der Waals surface area contributed by atoms with E-state index in [1.807, 2.05) is 17.0 Å². The number of ether oxygens (including phenoxy) is 1. The van der Waals surface area contributed by atoms with Crippen molar-refractivity contribution in [3.8, 4) is 5.75 Å². The van der Waals surface area contributed by atoms with Crippen molar-refractivity contribution in [2.75, 3.05) is 20.2 Å². The lowest BCUT2D eigenvalue weighted by Crippen LogP contribution is -2.35. The highest BCUT2D eigenvalue weighted by Crippen LogP contribution is 2.23. The van der Waals surface area contributed by atoms with E-state index in [4.69, 9.17) is 4.74 Å². The molecular formula is C24H26N2O2. The van der Waals surface area contributed by atoms with Crippen LogP contribution in [0.2, 0.25) is 0 Å². The van der Waals surface area contributed by atoms with E-state index < -0.39 is 0 Å². The maximum absolute atomic E-state index is 12.1. The predicted octanol–water partition coefficient (Wildman–Crippen LogP) is 4.30. The van der Waals surface area contributed by atoms with Crippen LogP contribution in [-0.2, 0) is 11.3 Å². The smallest absolute Gasteiger partial charge is 0.222 e. The quantitative estimate of drug-likeness (QED) is 0.670. The fourth-order valence-corrected chi connectivity index (χ4v) is 3.84. The number of fused-ring (bicyclic) bond motifs is 1. The van der Waals surface area contributed by atoms with Crippen molar-refractivity contribution in [2.45, 2.75) is 25.4 Å². The summed E-state index contributed by atoms with van der Waals surface area (Å²) < 4.78 is 5.31. The molecular weight excluding hydrogens is 348 g/mol. The minimum absolute atomic E-state index is 0.120. The molecule has 1 fully saturated rings. The molecule has 4 heteroatoms. The van der Waals surface area contributed by atoms with Gasteiger partial charge in [-0.2, -0.15) is 0 Å². The number of nitrogens with zero attached hydrogens (tertiary/aromatic N) is 1. The molecule has 0 aromatic heterocycles. The molecule has 1 atom stereocenters. The summed E-state index contributed by atoms with van der Waals surface area (Å²) in [7, 11) is 1.69. The van der Waals surface area contributed by atoms with Gasteiger partial charge in [-0.05, 0) is 46.5 Å². The molecule has 0 radical (unpaired) electrons. The van der Waals surface area contributed by atoms with Crippen LogP contribution >= 0.6 is 0 Å². The number of methoxy groups -OCH3 is 1. The van der Waals surface area contributed by atoms with E-state index in [1.54, 1.807) is 7.11 Å². The summed E-state index contributed by atoms with van der Waals surface area (Å²) in [6, 6.07) is 23.2. The first-order valence-corrected chi connectivity index (χ1v) is 9.86. The van der Waals surface area contributed by atoms with Crippen molar-refractivity contribution in [3.05, 3.63) is 77.9 Å². The lowest BCUT2D eigenvalue weighted by molar-refractivity contribution is -0.128. The third-order valence-corrected chi connectivity index (χ3v) is 5.44. The second-order valence-corrected chi connectivity index (χ2v) is 7.33. The fraction of sp³-hybridized carbons (Fsp3) is 0.292. The molecule has 4 nitrogen and oxygen atoms in total. The Hall–Kier alpha value is -2.85. The summed E-state index contributed by atoms with van der Waals surface area (Å²) >= 11 is 0. The molecule has 1 heterocycles. The van der Waals surface area contributed by atoms with E-state index >= 15 is 0 Å². The van der Waals surface area contributed by atoms with Gasteiger partial charge < -0.3 is 15.0 Å². The molecule has 0 saturated carbocycles. The van der Waals surface area contributed by atoms with Crippen molar-refractivity contribution in [1.82, 2.24) is 10.2 Å². The first-order chi connectivity index (χ1) is 13.7. The van der Waals surface area contributed by atoms with Gasteiger partial charge in [-0.25, -0.2) is 0 Å². The number of hydrogen-bond donors (Lipinski definition) is 1. The van der Waals surface area contributed by atoms with Crippen molar-refractivity contribution in [3.63, 3.8) is 0 Å². The summed E-state index contributed by atoms with van der Waals surface area (Å²) in [5.74, 6) is 1.14. The van der Waals surface area contributed by atoms with Gasteiger partial charge >= 0.3 is 0 Å². The summed E-state index contributed by atoms with van der Waals surface area (Å²) in [5.41, 5.74) is 2.44. The van der Waals surface area contributed by atoms with Crippen LogP contribution in [0.1, 0.15) is 30.0 Å². The minimum atomic E-state index is 0.120. The van der Waals surface area contributed by atoms with Gasteiger partial charge in [0.05, 0.1) is 13.2 Å². The largest absolute Gasteiger partial charge is 0.497 e. The molecule has 1 N–H and O–H groups in total. The van der Waals surface area contributed by atoms with Gasteiger partial charge in [-0.3, -0.25) is 4.79 Å². The molecule has 28 heavy (non-hydrogen) atoms. The van der Waals surface area contributed by atoms with Crippen molar-refractivity contribution in [2.24, 2.45) is 0 Å². The third-order valence-electron chi connectivity index (χ3n) is 5.44. The van der Waals surface area contributed by atoms with Gasteiger partial charge in [0.1, 0.15) is 5.75 Å². The average Bonchev–Trinajstić information content (AvgIpc) is 3.15. The summed E-state index contributed by atoms with van der Waals surface area (Å²) in [6.45, 7) is 2.33. The molecule has 1 aliphatic rings. The second kappa shape index (κ2) is 8.44. The number of amides is 1. The Morgan fingerprint density at radius 2 is 1.82 bits per heavy atom. The standard InChI is InChI=1S/C24H26N2O2/c1-28-22-12-11-20-14-18(9-10-21(20)15-22)16-25-23(19-6-3-2-4-7-19)17-26-13-5-8-24(26)27/h2-4,6-7,9-12,14-15,23,25H,5,8,13,16-17H2,1H3/t23-/m1/s1. The molecule has 0 aliphatic carbocycles. The van der Waals surface area contributed by atoms with E-state index in [0.717, 1.165) is 25.3 Å². The fourth-order valence-electron chi connectivity index (χ4n) is 3.84. The summed E-state index contributed by atoms with van der Waals surface area (Å²) in [5, 5.41) is 6.04. The van der Waals surface area contributed by atoms with E-state index in [-0.39, 0.29) is 11.9 Å². The number of carbonyl (C=O) groups excluding carboxylic acids is 1. The molecule has 4 rings (SSSR count). The summed E-state index contributed by atoms with van der Waals surface area (Å²) in [6.07, 6.45) is 1.64. The maximum Gasteiger partial charge on any atom is 0.222 e. The van der Waals surface area contributed by atoms with Crippen LogP contribution in [0.25, 0.3) is 10.8 Å². The Morgan fingerprint density at radius 1 is 1.04 bits per heavy atom. The van der Waals surface area contributed by atoms with Crippen LogP contribution in [0.4, 0.5) is 0 Å². The van der Waals surface area contributed by atoms with Crippen LogP contribution < -0.4 is 10.1 Å². The molecule has 0 bridgehead atoms. The molecule has 0 spiro atoms. The third kappa shape index (κ3) is 4.18. The van der Waals surface area contributed by atoms with E-state index in [9.17, 15) is 4.79 Å². The van der Waals surface area contributed by atoms with E-state index in [1.165, 1.54) is 21.9 Å². The number of rotatable bonds is 7. The molecule has 1 amide bonds. The zero-order valence-corrected chi connectivity index (χ0v) is 16.2. The van der Waals surface area contributed by atoms with Gasteiger partial charge in [-0.1, -0.05) is 48.5 Å². The highest BCUT2D eigenvalue weighted by Gasteiger charge is 2.24. The van der Waals surface area contributed by atoms with E-state index in [0.29, 0.717) is 13.0 Å². The average molecular weight is 374 g/mol. The monoisotopic (exact) mass is 374 g/mol. The Kier molecular flexibility index (Phi) is 5.58. The molecule has 0 unspecified atom stereocenters. The number of benzene rings is 3. The van der Waals surface area contributed by atoms with Crippen molar-refractivity contribution in [1.29, 1.82) is 0 Å². The number of nitrogens with one attached hydrogen (secondary N) is 1. The Bertz CT molecular complexity index is 955. The van der Waals surface area contributed by atoms with Crippen LogP contribution in [0.3, 0.4) is 0 Å². The van der Waals surface area contributed by atoms with Crippen molar-refractivity contribution < 1.29 is 9.53 Å². The lowest BCUT2D eigenvalue weighted by Gasteiger charge is -2.25. The molecule has 3 aromatic rings. The number of carbonyl (C=O) groups is 1. The van der Waals surface area contributed by atoms with Crippen molar-refractivity contribution >= 4 is 16.7 Å². The van der Waals surface area contributed by atoms with E-state index in [2.05, 4.69) is 59.9 Å². The molecule has 3 aromatic carbocycles. The Morgan fingerprint density at radius 3 is 2.57 bits per heavy atom. The molecule has 144 valence electrons. The zero-order chi connectivity index (χ0) is 19.3. The van der Waals surface area contributed by atoms with Crippen LogP contribution in [0, 0.1) is 0 Å². The highest BCUT2D eigenvalue weighted by atomic mass is 16.5. The number of likely N-dealkylation sites (tertiary alicyclic amines) is 1. The topological polar surface area (TPSA) is 41.6 Å². The first-order valence-electron chi connectivity index (χ1n) is 9.86. The normalized spacial score (nSPS) is 15.2. The minimum Gasteiger partial charge on any atom is -0.497 e. The van der Waals surface area contributed by atoms with Crippen LogP contribution in [0.15, 0.2) is 66.7 Å². The SMILES string of the molecule is COc1ccc2cc(CN[C@H](CN3CCCC3=O)c3ccccc3)ccc2c1. The van der Waals surface area contributed by atoms with Crippen LogP contribution in [0.5, 0.6) is 5.75 Å². The lowest BCUT2D eigenvalue weighted by atomic mass is 10.0. The van der Waals surface area contributed by atoms with Gasteiger partial charge in [0.2, 0.25) is 5.91 Å². The molecule has 1 aliphatic heterocycles. The molecule has 1 saturated heterocycles. The highest BCUT2D eigenvalue weighted by molar-refractivity contribution is 5.84. The van der Waals surface area contributed by atoms with Gasteiger partial charge in [0, 0.05) is 26.1 Å². The zero-order valence-electron chi connectivity index (χ0n) is 16.2. The predicted molar refractivity (Wildman–Crippen MR) is 112 cm³/mol. The van der Waals surface area contributed by atoms with Crippen LogP contribution in [-0.4, -0.2) is 31.0 Å². The maximum atomic E-state index is 12.1. The Balaban J connectivity index is 1.50. The van der Waals surface area contributed by atoms with Gasteiger partial charge in [0.15, 0.2) is 0 Å². The van der Waals surface area contributed by atoms with Gasteiger partial charge in [0.25, 0.3) is 0 Å². The summed E-state index contributed by atoms with van der Waals surface area (Å²) in [4.78, 5) is 14.1. The van der Waals surface area contributed by atoms with Gasteiger partial charge in [-0.15, -0.1) is 0 Å². The first kappa shape index (κ1) is 18.5.